The zero-order valence-corrected chi connectivity index (χ0v) is 14.6. The molecule has 0 fully saturated rings. The van der Waals surface area contributed by atoms with Crippen LogP contribution in [0.2, 0.25) is 5.02 Å². The normalized spacial score (nSPS) is 12.8. The molecule has 126 valence electrons. The summed E-state index contributed by atoms with van der Waals surface area (Å²) in [7, 11) is -4.03. The molecule has 7 nitrogen and oxygen atoms in total. The average Bonchev–Trinajstić information content (AvgIpc) is 2.42. The maximum atomic E-state index is 12.3. The zero-order valence-electron chi connectivity index (χ0n) is 13.0. The molecular weight excluding hydrogens is 344 g/mol. The van der Waals surface area contributed by atoms with Crippen LogP contribution in [0.5, 0.6) is 5.75 Å². The molecule has 0 aromatic carbocycles. The molecule has 1 aromatic rings. The van der Waals surface area contributed by atoms with Gasteiger partial charge in [0.05, 0.1) is 16.8 Å². The second kappa shape index (κ2) is 7.17. The molecule has 0 bridgehead atoms. The Balaban J connectivity index is 3.17. The molecule has 0 aliphatic carbocycles. The van der Waals surface area contributed by atoms with Gasteiger partial charge in [-0.05, 0) is 20.8 Å². The quantitative estimate of drug-likeness (QED) is 0.585. The lowest BCUT2D eigenvalue weighted by atomic mass is 10.1. The predicted octanol–water partition coefficient (Wildman–Crippen LogP) is 1.61. The van der Waals surface area contributed by atoms with Gasteiger partial charge >= 0.3 is 0 Å². The number of sulfone groups is 1. The summed E-state index contributed by atoms with van der Waals surface area (Å²) in [6.45, 7) is 4.30. The fourth-order valence-corrected chi connectivity index (χ4v) is 2.54. The lowest BCUT2D eigenvalue weighted by Crippen LogP contribution is -2.51. The van der Waals surface area contributed by atoms with E-state index < -0.39 is 26.7 Å². The lowest BCUT2D eigenvalue weighted by molar-refractivity contribution is -0.135. The van der Waals surface area contributed by atoms with Crippen molar-refractivity contribution in [1.29, 1.82) is 0 Å². The third kappa shape index (κ3) is 5.10. The standard InChI is InChI=1S/C14H16ClN2O5S/c1-5-6-14(2,3)17(19)12(18)13(23(4,20)21)22-11-7-10(15)8-16-9-11/h7-9,13H,1-4H3/q-1. The van der Waals surface area contributed by atoms with Gasteiger partial charge in [-0.1, -0.05) is 17.5 Å². The predicted molar refractivity (Wildman–Crippen MR) is 86.2 cm³/mol. The van der Waals surface area contributed by atoms with Crippen molar-refractivity contribution in [3.8, 4) is 17.6 Å². The van der Waals surface area contributed by atoms with E-state index in [1.54, 1.807) is 0 Å². The van der Waals surface area contributed by atoms with Crippen LogP contribution in [0.1, 0.15) is 20.8 Å². The van der Waals surface area contributed by atoms with Gasteiger partial charge in [0.25, 0.3) is 11.3 Å². The first kappa shape index (κ1) is 19.2. The summed E-state index contributed by atoms with van der Waals surface area (Å²) in [5, 5.41) is 12.4. The zero-order chi connectivity index (χ0) is 17.8. The maximum Gasteiger partial charge on any atom is 0.275 e. The van der Waals surface area contributed by atoms with Gasteiger partial charge < -0.3 is 15.0 Å². The van der Waals surface area contributed by atoms with Gasteiger partial charge in [-0.3, -0.25) is 9.78 Å². The van der Waals surface area contributed by atoms with Crippen molar-refractivity contribution in [3.05, 3.63) is 28.7 Å². The Bertz CT molecular complexity index is 752. The second-order valence-electron chi connectivity index (χ2n) is 5.18. The molecule has 1 aromatic heterocycles. The van der Waals surface area contributed by atoms with Gasteiger partial charge in [-0.25, -0.2) is 8.42 Å². The minimum Gasteiger partial charge on any atom is -0.755 e. The summed E-state index contributed by atoms with van der Waals surface area (Å²) in [5.74, 6) is 3.73. The van der Waals surface area contributed by atoms with Gasteiger partial charge in [0.15, 0.2) is 9.84 Å². The molecule has 0 aliphatic rings. The van der Waals surface area contributed by atoms with Crippen LogP contribution in [-0.4, -0.2) is 41.6 Å². The molecule has 0 radical (unpaired) electrons. The largest absolute Gasteiger partial charge is 0.755 e. The van der Waals surface area contributed by atoms with Crippen molar-refractivity contribution in [2.75, 3.05) is 6.26 Å². The topological polar surface area (TPSA) is 99.6 Å². The van der Waals surface area contributed by atoms with Gasteiger partial charge in [0.1, 0.15) is 5.75 Å². The fourth-order valence-electron chi connectivity index (χ4n) is 1.63. The van der Waals surface area contributed by atoms with Gasteiger partial charge in [0.2, 0.25) is 0 Å². The van der Waals surface area contributed by atoms with Gasteiger partial charge in [-0.2, -0.15) is 0 Å². The van der Waals surface area contributed by atoms with Crippen LogP contribution in [0.3, 0.4) is 0 Å². The Kier molecular flexibility index (Phi) is 5.99. The molecule has 0 saturated carbocycles. The first-order valence-corrected chi connectivity index (χ1v) is 8.73. The Morgan fingerprint density at radius 3 is 2.57 bits per heavy atom. The fraction of sp³-hybridized carbons (Fsp3) is 0.429. The van der Waals surface area contributed by atoms with E-state index in [1.807, 2.05) is 0 Å². The number of pyridine rings is 1. The van der Waals surface area contributed by atoms with Crippen molar-refractivity contribution in [3.63, 3.8) is 0 Å². The summed E-state index contributed by atoms with van der Waals surface area (Å²) in [6.07, 6.45) is 3.29. The van der Waals surface area contributed by atoms with Crippen LogP contribution >= 0.6 is 11.6 Å². The number of rotatable bonds is 5. The molecule has 9 heteroatoms. The van der Waals surface area contributed by atoms with Gasteiger partial charge in [-0.15, -0.1) is 5.92 Å². The van der Waals surface area contributed by atoms with Crippen molar-refractivity contribution < 1.29 is 17.9 Å². The molecule has 0 spiro atoms. The highest BCUT2D eigenvalue weighted by Gasteiger charge is 2.36. The SMILES string of the molecule is CC#CC(C)(C)N([O-])C(=O)C(Oc1cncc(Cl)c1)S(C)(=O)=O. The number of hydroxylamine groups is 2. The Hall–Kier alpha value is -1.82. The van der Waals surface area contributed by atoms with E-state index in [2.05, 4.69) is 16.8 Å². The summed E-state index contributed by atoms with van der Waals surface area (Å²) >= 11 is 5.73. The van der Waals surface area contributed by atoms with E-state index in [4.69, 9.17) is 16.3 Å². The minimum absolute atomic E-state index is 0.00675. The summed E-state index contributed by atoms with van der Waals surface area (Å²) < 4.78 is 28.8. The number of amides is 1. The Labute approximate surface area is 140 Å². The molecule has 1 atom stereocenters. The number of ether oxygens (including phenoxy) is 1. The number of carbonyl (C=O) groups is 1. The molecular formula is C14H16ClN2O5S-. The van der Waals surface area contributed by atoms with E-state index in [-0.39, 0.29) is 15.8 Å². The van der Waals surface area contributed by atoms with Crippen molar-refractivity contribution in [2.45, 2.75) is 31.7 Å². The molecule has 0 saturated heterocycles. The van der Waals surface area contributed by atoms with Gasteiger partial charge in [0, 0.05) is 18.5 Å². The maximum absolute atomic E-state index is 12.3. The number of aromatic nitrogens is 1. The van der Waals surface area contributed by atoms with E-state index in [9.17, 15) is 18.4 Å². The van der Waals surface area contributed by atoms with E-state index in [0.29, 0.717) is 0 Å². The van der Waals surface area contributed by atoms with Crippen molar-refractivity contribution in [2.24, 2.45) is 0 Å². The van der Waals surface area contributed by atoms with Crippen molar-refractivity contribution >= 4 is 27.3 Å². The summed E-state index contributed by atoms with van der Waals surface area (Å²) in [4.78, 5) is 16.0. The number of halogens is 1. The number of nitrogens with zero attached hydrogens (tertiary/aromatic N) is 2. The Morgan fingerprint density at radius 1 is 1.48 bits per heavy atom. The number of carbonyl (C=O) groups excluding carboxylic acids is 1. The van der Waals surface area contributed by atoms with Crippen LogP contribution in [0.15, 0.2) is 18.5 Å². The summed E-state index contributed by atoms with van der Waals surface area (Å²) in [6, 6.07) is 1.28. The van der Waals surface area contributed by atoms with Crippen LogP contribution in [0, 0.1) is 17.0 Å². The smallest absolute Gasteiger partial charge is 0.275 e. The van der Waals surface area contributed by atoms with Crippen molar-refractivity contribution in [1.82, 2.24) is 10.0 Å². The highest BCUT2D eigenvalue weighted by molar-refractivity contribution is 7.91. The molecule has 0 aliphatic heterocycles. The van der Waals surface area contributed by atoms with E-state index in [0.717, 1.165) is 6.26 Å². The molecule has 23 heavy (non-hydrogen) atoms. The average molecular weight is 360 g/mol. The minimum atomic E-state index is -4.03. The highest BCUT2D eigenvalue weighted by atomic mass is 35.5. The second-order valence-corrected chi connectivity index (χ2v) is 7.71. The van der Waals surface area contributed by atoms with Crippen LogP contribution in [0.4, 0.5) is 0 Å². The molecule has 0 N–H and O–H groups in total. The summed E-state index contributed by atoms with van der Waals surface area (Å²) in [5.41, 5.74) is -3.41. The third-order valence-corrected chi connectivity index (χ3v) is 3.93. The first-order valence-electron chi connectivity index (χ1n) is 6.40. The van der Waals surface area contributed by atoms with Crippen LogP contribution < -0.4 is 4.74 Å². The molecule has 1 heterocycles. The monoisotopic (exact) mass is 359 g/mol. The van der Waals surface area contributed by atoms with Crippen LogP contribution in [-0.2, 0) is 14.6 Å². The number of hydrogen-bond donors (Lipinski definition) is 0. The molecule has 1 rings (SSSR count). The highest BCUT2D eigenvalue weighted by Crippen LogP contribution is 2.21. The molecule has 1 unspecified atom stereocenters. The van der Waals surface area contributed by atoms with E-state index in [1.165, 1.54) is 39.2 Å². The first-order chi connectivity index (χ1) is 10.5. The van der Waals surface area contributed by atoms with Crippen LogP contribution in [0.25, 0.3) is 0 Å². The molecule has 1 amide bonds. The van der Waals surface area contributed by atoms with E-state index >= 15 is 0 Å². The lowest BCUT2D eigenvalue weighted by Gasteiger charge is -2.41. The Morgan fingerprint density at radius 2 is 2.09 bits per heavy atom. The number of hydrogen-bond acceptors (Lipinski definition) is 6. The third-order valence-electron chi connectivity index (χ3n) is 2.65.